The van der Waals surface area contributed by atoms with Crippen molar-refractivity contribution in [1.82, 2.24) is 4.90 Å². The molecule has 1 aliphatic heterocycles. The molecule has 2 aromatic rings. The van der Waals surface area contributed by atoms with Crippen LogP contribution in [-0.2, 0) is 16.1 Å². The smallest absolute Gasteiger partial charge is 0.410 e. The molecule has 0 saturated carbocycles. The van der Waals surface area contributed by atoms with Gasteiger partial charge in [0, 0.05) is 0 Å². The van der Waals surface area contributed by atoms with E-state index in [9.17, 15) is 14.7 Å². The average molecular weight is 327 g/mol. The van der Waals surface area contributed by atoms with Gasteiger partial charge in [0.05, 0.1) is 13.1 Å². The zero-order chi connectivity index (χ0) is 17.0. The fourth-order valence-corrected chi connectivity index (χ4v) is 2.47. The van der Waals surface area contributed by atoms with Gasteiger partial charge < -0.3 is 14.6 Å². The van der Waals surface area contributed by atoms with Crippen LogP contribution in [0.5, 0.6) is 5.75 Å². The van der Waals surface area contributed by atoms with Crippen LogP contribution in [0, 0.1) is 0 Å². The molecule has 24 heavy (non-hydrogen) atoms. The Morgan fingerprint density at radius 1 is 1.00 bits per heavy atom. The van der Waals surface area contributed by atoms with E-state index in [2.05, 4.69) is 0 Å². The molecule has 0 aromatic heterocycles. The maximum atomic E-state index is 12.0. The second kappa shape index (κ2) is 6.62. The summed E-state index contributed by atoms with van der Waals surface area (Å²) in [5.74, 6) is -0.643. The summed E-state index contributed by atoms with van der Waals surface area (Å²) in [6, 6.07) is 18.0. The number of rotatable bonds is 5. The highest BCUT2D eigenvalue weighted by atomic mass is 16.6. The first-order chi connectivity index (χ1) is 11.6. The lowest BCUT2D eigenvalue weighted by Gasteiger charge is -2.45. The maximum absolute atomic E-state index is 12.0. The predicted octanol–water partition coefficient (Wildman–Crippen LogP) is 2.54. The Kier molecular flexibility index (Phi) is 4.37. The van der Waals surface area contributed by atoms with Gasteiger partial charge in [-0.05, 0) is 17.7 Å². The van der Waals surface area contributed by atoms with E-state index < -0.39 is 17.7 Å². The maximum Gasteiger partial charge on any atom is 0.410 e. The normalized spacial score (nSPS) is 15.2. The molecule has 0 bridgehead atoms. The van der Waals surface area contributed by atoms with E-state index in [1.165, 1.54) is 4.90 Å². The van der Waals surface area contributed by atoms with Crippen molar-refractivity contribution in [2.24, 2.45) is 0 Å². The van der Waals surface area contributed by atoms with Crippen LogP contribution in [0.15, 0.2) is 60.7 Å². The molecule has 1 amide bonds. The molecule has 0 aliphatic carbocycles. The van der Waals surface area contributed by atoms with Crippen molar-refractivity contribution in [3.63, 3.8) is 0 Å². The number of aliphatic carboxylic acids is 1. The highest BCUT2D eigenvalue weighted by molar-refractivity contribution is 5.83. The molecule has 2 aromatic carbocycles. The largest absolute Gasteiger partial charge is 0.478 e. The number of carbonyl (C=O) groups excluding carboxylic acids is 1. The summed E-state index contributed by atoms with van der Waals surface area (Å²) in [5, 5.41) is 9.45. The molecule has 0 atom stereocenters. The number of carboxylic acids is 1. The number of carboxylic acid groups (broad SMARTS) is 1. The Bertz CT molecular complexity index is 711. The fraction of sp³-hybridized carbons (Fsp3) is 0.222. The van der Waals surface area contributed by atoms with Crippen LogP contribution < -0.4 is 4.74 Å². The molecule has 0 unspecified atom stereocenters. The zero-order valence-electron chi connectivity index (χ0n) is 12.9. The number of likely N-dealkylation sites (tertiary alicyclic amines) is 1. The van der Waals surface area contributed by atoms with Gasteiger partial charge in [-0.3, -0.25) is 4.90 Å². The topological polar surface area (TPSA) is 76.1 Å². The van der Waals surface area contributed by atoms with Crippen molar-refractivity contribution in [3.05, 3.63) is 66.2 Å². The molecule has 0 radical (unpaired) electrons. The Morgan fingerprint density at radius 2 is 1.58 bits per heavy atom. The Labute approximate surface area is 139 Å². The number of nitrogens with zero attached hydrogens (tertiary/aromatic N) is 1. The van der Waals surface area contributed by atoms with Crippen molar-refractivity contribution in [3.8, 4) is 5.75 Å². The third-order valence-electron chi connectivity index (χ3n) is 3.80. The molecule has 1 saturated heterocycles. The van der Waals surface area contributed by atoms with E-state index in [0.29, 0.717) is 5.75 Å². The Balaban J connectivity index is 1.57. The number of benzene rings is 2. The lowest BCUT2D eigenvalue weighted by atomic mass is 9.94. The molecular formula is C18H17NO5. The van der Waals surface area contributed by atoms with Crippen LogP contribution in [0.2, 0.25) is 0 Å². The fourth-order valence-electron chi connectivity index (χ4n) is 2.47. The molecule has 0 spiro atoms. The van der Waals surface area contributed by atoms with Crippen LogP contribution in [0.4, 0.5) is 4.79 Å². The molecule has 1 heterocycles. The standard InChI is InChI=1S/C18H17NO5/c20-16(21)18(24-15-9-5-2-6-10-15)12-19(13-18)17(22)23-11-14-7-3-1-4-8-14/h1-10H,11-13H2,(H,20,21). The number of hydrogen-bond acceptors (Lipinski definition) is 4. The van der Waals surface area contributed by atoms with Gasteiger partial charge in [0.15, 0.2) is 0 Å². The monoisotopic (exact) mass is 327 g/mol. The molecular weight excluding hydrogens is 310 g/mol. The van der Waals surface area contributed by atoms with E-state index in [1.54, 1.807) is 24.3 Å². The lowest BCUT2D eigenvalue weighted by Crippen LogP contribution is -2.70. The van der Waals surface area contributed by atoms with Gasteiger partial charge >= 0.3 is 12.1 Å². The minimum atomic E-state index is -1.42. The minimum Gasteiger partial charge on any atom is -0.478 e. The molecule has 124 valence electrons. The van der Waals surface area contributed by atoms with Crippen molar-refractivity contribution in [1.29, 1.82) is 0 Å². The van der Waals surface area contributed by atoms with Crippen molar-refractivity contribution in [2.75, 3.05) is 13.1 Å². The number of ether oxygens (including phenoxy) is 2. The number of amides is 1. The van der Waals surface area contributed by atoms with Crippen molar-refractivity contribution in [2.45, 2.75) is 12.2 Å². The summed E-state index contributed by atoms with van der Waals surface area (Å²) in [4.78, 5) is 24.9. The van der Waals surface area contributed by atoms with E-state index >= 15 is 0 Å². The summed E-state index contributed by atoms with van der Waals surface area (Å²) in [6.45, 7) is 0.0471. The van der Waals surface area contributed by atoms with Gasteiger partial charge in [-0.1, -0.05) is 48.5 Å². The quantitative estimate of drug-likeness (QED) is 0.913. The van der Waals surface area contributed by atoms with Gasteiger partial charge in [-0.25, -0.2) is 9.59 Å². The summed E-state index contributed by atoms with van der Waals surface area (Å²) in [6.07, 6.45) is -0.549. The molecule has 6 heteroatoms. The van der Waals surface area contributed by atoms with E-state index in [4.69, 9.17) is 9.47 Å². The number of carbonyl (C=O) groups is 2. The Hall–Kier alpha value is -3.02. The summed E-state index contributed by atoms with van der Waals surface area (Å²) >= 11 is 0. The second-order valence-corrected chi connectivity index (χ2v) is 5.61. The number of hydrogen-bond donors (Lipinski definition) is 1. The van der Waals surface area contributed by atoms with Gasteiger partial charge in [0.25, 0.3) is 0 Å². The first-order valence-corrected chi connectivity index (χ1v) is 7.52. The zero-order valence-corrected chi connectivity index (χ0v) is 12.9. The van der Waals surface area contributed by atoms with Crippen LogP contribution in [0.3, 0.4) is 0 Å². The predicted molar refractivity (Wildman–Crippen MR) is 85.6 cm³/mol. The van der Waals surface area contributed by atoms with Crippen LogP contribution >= 0.6 is 0 Å². The third-order valence-corrected chi connectivity index (χ3v) is 3.80. The van der Waals surface area contributed by atoms with E-state index in [0.717, 1.165) is 5.56 Å². The van der Waals surface area contributed by atoms with Gasteiger partial charge in [0.2, 0.25) is 5.60 Å². The third kappa shape index (κ3) is 3.32. The highest BCUT2D eigenvalue weighted by Gasteiger charge is 2.54. The summed E-state index contributed by atoms with van der Waals surface area (Å²) in [7, 11) is 0. The molecule has 1 N–H and O–H groups in total. The summed E-state index contributed by atoms with van der Waals surface area (Å²) in [5.41, 5.74) is -0.552. The molecule has 3 rings (SSSR count). The summed E-state index contributed by atoms with van der Waals surface area (Å²) < 4.78 is 10.8. The first kappa shape index (κ1) is 15.9. The molecule has 1 aliphatic rings. The van der Waals surface area contributed by atoms with Crippen LogP contribution in [0.1, 0.15) is 5.56 Å². The molecule has 1 fully saturated rings. The van der Waals surface area contributed by atoms with E-state index in [1.807, 2.05) is 36.4 Å². The van der Waals surface area contributed by atoms with Gasteiger partial charge in [-0.2, -0.15) is 0 Å². The number of para-hydroxylation sites is 1. The van der Waals surface area contributed by atoms with Gasteiger partial charge in [-0.15, -0.1) is 0 Å². The van der Waals surface area contributed by atoms with Crippen molar-refractivity contribution >= 4 is 12.1 Å². The molecule has 6 nitrogen and oxygen atoms in total. The van der Waals surface area contributed by atoms with E-state index in [-0.39, 0.29) is 19.7 Å². The average Bonchev–Trinajstić information content (AvgIpc) is 2.57. The highest BCUT2D eigenvalue weighted by Crippen LogP contribution is 2.29. The second-order valence-electron chi connectivity index (χ2n) is 5.61. The first-order valence-electron chi connectivity index (χ1n) is 7.52. The van der Waals surface area contributed by atoms with Crippen LogP contribution in [-0.4, -0.2) is 40.8 Å². The minimum absolute atomic E-state index is 0.0507. The Morgan fingerprint density at radius 3 is 2.17 bits per heavy atom. The SMILES string of the molecule is O=C(OCc1ccccc1)N1CC(Oc2ccccc2)(C(=O)O)C1. The van der Waals surface area contributed by atoms with Crippen LogP contribution in [0.25, 0.3) is 0 Å². The van der Waals surface area contributed by atoms with Crippen molar-refractivity contribution < 1.29 is 24.2 Å². The van der Waals surface area contributed by atoms with Gasteiger partial charge in [0.1, 0.15) is 12.4 Å². The lowest BCUT2D eigenvalue weighted by molar-refractivity contribution is -0.169.